The Balaban J connectivity index is 1.78. The van der Waals surface area contributed by atoms with Gasteiger partial charge in [0, 0.05) is 12.3 Å². The van der Waals surface area contributed by atoms with Gasteiger partial charge in [0.2, 0.25) is 5.88 Å². The van der Waals surface area contributed by atoms with Crippen molar-refractivity contribution >= 4 is 34.6 Å². The number of pyridine rings is 2. The minimum absolute atomic E-state index is 0.0993. The fourth-order valence-corrected chi connectivity index (χ4v) is 3.48. The molecule has 0 spiro atoms. The van der Waals surface area contributed by atoms with E-state index in [1.165, 1.54) is 28.6 Å². The van der Waals surface area contributed by atoms with Crippen LogP contribution in [0, 0.1) is 6.92 Å². The van der Waals surface area contributed by atoms with Crippen molar-refractivity contribution in [2.24, 2.45) is 0 Å². The van der Waals surface area contributed by atoms with Crippen molar-refractivity contribution < 1.29 is 19.2 Å². The monoisotopic (exact) mass is 483 g/mol. The molecule has 2 amide bonds. The summed E-state index contributed by atoms with van der Waals surface area (Å²) in [5.41, 5.74) is 4.18. The molecule has 0 aliphatic heterocycles. The maximum atomic E-state index is 13.4. The Hall–Kier alpha value is -3.96. The van der Waals surface area contributed by atoms with Gasteiger partial charge in [0.25, 0.3) is 11.8 Å². The summed E-state index contributed by atoms with van der Waals surface area (Å²) in [6.45, 7) is 5.33. The molecule has 0 bridgehead atoms. The van der Waals surface area contributed by atoms with E-state index in [1.54, 1.807) is 51.2 Å². The molecule has 11 nitrogen and oxygen atoms in total. The normalized spacial score (nSPS) is 11.1. The lowest BCUT2D eigenvalue weighted by atomic mass is 10.1. The van der Waals surface area contributed by atoms with Gasteiger partial charge in [-0.05, 0) is 50.6 Å². The Morgan fingerprint density at radius 1 is 1.15 bits per heavy atom. The lowest BCUT2D eigenvalue weighted by Crippen LogP contribution is -2.31. The number of fused-ring (bicyclic) bond motifs is 1. The highest BCUT2D eigenvalue weighted by Crippen LogP contribution is 2.26. The molecule has 0 unspecified atom stereocenters. The van der Waals surface area contributed by atoms with Crippen molar-refractivity contribution in [1.82, 2.24) is 29.9 Å². The topological polar surface area (TPSA) is 125 Å². The molecule has 0 fully saturated rings. The molecule has 176 valence electrons. The first-order valence-corrected chi connectivity index (χ1v) is 10.7. The second-order valence-corrected chi connectivity index (χ2v) is 7.97. The average Bonchev–Trinajstić information content (AvgIpc) is 3.45. The quantitative estimate of drug-likeness (QED) is 0.387. The first kappa shape index (κ1) is 23.2. The number of carbonyl (C=O) groups is 2. The fraction of sp³-hybridized carbons (Fsp3) is 0.227. The lowest BCUT2D eigenvalue weighted by Gasteiger charge is -2.16. The Kier molecular flexibility index (Phi) is 6.48. The van der Waals surface area contributed by atoms with E-state index < -0.39 is 11.8 Å². The Morgan fingerprint density at radius 3 is 2.65 bits per heavy atom. The van der Waals surface area contributed by atoms with E-state index in [9.17, 15) is 9.59 Å². The smallest absolute Gasteiger partial charge is 0.295 e. The van der Waals surface area contributed by atoms with Gasteiger partial charge in [-0.3, -0.25) is 14.4 Å². The molecular formula is C22H22ClN7O4. The number of amides is 2. The number of methoxy groups -OCH3 is 1. The second kappa shape index (κ2) is 9.49. The lowest BCUT2D eigenvalue weighted by molar-refractivity contribution is -0.000231. The molecule has 0 saturated heterocycles. The average molecular weight is 484 g/mol. The van der Waals surface area contributed by atoms with Crippen LogP contribution in [0.5, 0.6) is 5.88 Å². The van der Waals surface area contributed by atoms with Crippen molar-refractivity contribution in [3.05, 3.63) is 64.7 Å². The number of ether oxygens (including phenoxy) is 1. The molecule has 12 heteroatoms. The molecule has 4 aromatic rings. The highest BCUT2D eigenvalue weighted by atomic mass is 35.5. The summed E-state index contributed by atoms with van der Waals surface area (Å²) in [6, 6.07) is 8.30. The third-order valence-electron chi connectivity index (χ3n) is 4.79. The number of carbonyl (C=O) groups excluding carboxylic acids is 2. The zero-order chi connectivity index (χ0) is 24.4. The van der Waals surface area contributed by atoms with Crippen LogP contribution in [-0.2, 0) is 4.84 Å². The van der Waals surface area contributed by atoms with Crippen LogP contribution in [0.2, 0.25) is 5.02 Å². The molecule has 0 saturated carbocycles. The Morgan fingerprint density at radius 2 is 1.94 bits per heavy atom. The number of anilines is 1. The van der Waals surface area contributed by atoms with Gasteiger partial charge in [-0.15, -0.1) is 5.10 Å². The molecule has 0 aliphatic carbocycles. The van der Waals surface area contributed by atoms with E-state index in [0.29, 0.717) is 16.1 Å². The molecule has 0 radical (unpaired) electrons. The van der Waals surface area contributed by atoms with E-state index in [-0.39, 0.29) is 34.9 Å². The first-order valence-electron chi connectivity index (χ1n) is 10.3. The Labute approximate surface area is 199 Å². The van der Waals surface area contributed by atoms with Crippen molar-refractivity contribution in [2.45, 2.75) is 26.9 Å². The zero-order valence-electron chi connectivity index (χ0n) is 18.9. The van der Waals surface area contributed by atoms with E-state index in [1.807, 2.05) is 0 Å². The molecule has 0 atom stereocenters. The summed E-state index contributed by atoms with van der Waals surface area (Å²) < 4.78 is 7.91. The fourth-order valence-electron chi connectivity index (χ4n) is 3.28. The van der Waals surface area contributed by atoms with Gasteiger partial charge in [-0.1, -0.05) is 11.6 Å². The van der Waals surface area contributed by atoms with Gasteiger partial charge in [-0.25, -0.2) is 19.7 Å². The predicted molar refractivity (Wildman–Crippen MR) is 124 cm³/mol. The van der Waals surface area contributed by atoms with Crippen LogP contribution < -0.4 is 15.5 Å². The molecule has 34 heavy (non-hydrogen) atoms. The first-order chi connectivity index (χ1) is 16.3. The van der Waals surface area contributed by atoms with Crippen LogP contribution in [0.3, 0.4) is 0 Å². The summed E-state index contributed by atoms with van der Waals surface area (Å²) in [5.74, 6) is -0.694. The van der Waals surface area contributed by atoms with Crippen molar-refractivity contribution in [3.8, 4) is 11.7 Å². The number of aryl methyl sites for hydroxylation is 1. The van der Waals surface area contributed by atoms with Gasteiger partial charge in [0.1, 0.15) is 5.69 Å². The summed E-state index contributed by atoms with van der Waals surface area (Å²) in [4.78, 5) is 35.9. The van der Waals surface area contributed by atoms with Crippen LogP contribution >= 0.6 is 11.6 Å². The summed E-state index contributed by atoms with van der Waals surface area (Å²) >= 11 is 6.28. The molecule has 4 rings (SSSR count). The standard InChI is InChI=1S/C22H22ClN7O4/c1-12(2)34-28-22(32)19-18(13(3)10-14-7-9-25-29(14)19)26-21(31)16-11-17(33-4)27-30(16)20-15(23)6-5-8-24-20/h5-12H,1-4H3,(H,26,31)(H,28,32). The molecular weight excluding hydrogens is 462 g/mol. The number of aromatic nitrogens is 5. The third kappa shape index (κ3) is 4.43. The van der Waals surface area contributed by atoms with Crippen LogP contribution in [0.25, 0.3) is 11.3 Å². The second-order valence-electron chi connectivity index (χ2n) is 7.56. The number of rotatable bonds is 7. The summed E-state index contributed by atoms with van der Waals surface area (Å²) in [6.07, 6.45) is 2.85. The zero-order valence-corrected chi connectivity index (χ0v) is 19.6. The number of halogens is 1. The van der Waals surface area contributed by atoms with Gasteiger partial charge >= 0.3 is 0 Å². The maximum Gasteiger partial charge on any atom is 0.295 e. The molecule has 0 aliphatic rings. The van der Waals surface area contributed by atoms with Gasteiger partial charge in [-0.2, -0.15) is 5.10 Å². The number of nitrogens with one attached hydrogen (secondary N) is 2. The van der Waals surface area contributed by atoms with Gasteiger partial charge < -0.3 is 10.1 Å². The minimum Gasteiger partial charge on any atom is -0.480 e. The van der Waals surface area contributed by atoms with Gasteiger partial charge in [0.05, 0.1) is 35.6 Å². The third-order valence-corrected chi connectivity index (χ3v) is 5.08. The summed E-state index contributed by atoms with van der Waals surface area (Å²) in [5, 5.41) is 11.6. The van der Waals surface area contributed by atoms with E-state index in [2.05, 4.69) is 26.0 Å². The predicted octanol–water partition coefficient (Wildman–Crippen LogP) is 3.21. The number of hydrogen-bond acceptors (Lipinski definition) is 7. The van der Waals surface area contributed by atoms with E-state index in [4.69, 9.17) is 21.2 Å². The van der Waals surface area contributed by atoms with Crippen LogP contribution in [0.4, 0.5) is 5.69 Å². The highest BCUT2D eigenvalue weighted by molar-refractivity contribution is 6.32. The number of hydroxylamine groups is 1. The van der Waals surface area contributed by atoms with Crippen molar-refractivity contribution in [3.63, 3.8) is 0 Å². The van der Waals surface area contributed by atoms with Gasteiger partial charge in [0.15, 0.2) is 11.5 Å². The van der Waals surface area contributed by atoms with Crippen LogP contribution in [0.15, 0.2) is 42.7 Å². The largest absolute Gasteiger partial charge is 0.480 e. The molecule has 0 aromatic carbocycles. The minimum atomic E-state index is -0.569. The molecule has 2 N–H and O–H groups in total. The Bertz CT molecular complexity index is 1380. The van der Waals surface area contributed by atoms with Crippen LogP contribution in [-0.4, -0.2) is 49.4 Å². The number of nitrogens with zero attached hydrogens (tertiary/aromatic N) is 5. The SMILES string of the molecule is COc1cc(C(=O)Nc2c(C)cc3ccnn3c2C(=O)NOC(C)C)n(-c2ncccc2Cl)n1. The molecule has 4 heterocycles. The molecule has 4 aromatic heterocycles. The van der Waals surface area contributed by atoms with E-state index >= 15 is 0 Å². The number of hydrogen-bond donors (Lipinski definition) is 2. The van der Waals surface area contributed by atoms with E-state index in [0.717, 1.165) is 0 Å². The summed E-state index contributed by atoms with van der Waals surface area (Å²) in [7, 11) is 1.43. The van der Waals surface area contributed by atoms with Crippen molar-refractivity contribution in [1.29, 1.82) is 0 Å². The van der Waals surface area contributed by atoms with Crippen LogP contribution in [0.1, 0.15) is 40.4 Å². The highest BCUT2D eigenvalue weighted by Gasteiger charge is 2.25. The maximum absolute atomic E-state index is 13.4. The van der Waals surface area contributed by atoms with Crippen molar-refractivity contribution in [2.75, 3.05) is 12.4 Å².